The Hall–Kier alpha value is -1.18. The van der Waals surface area contributed by atoms with E-state index in [2.05, 4.69) is 31.2 Å². The second-order valence-electron chi connectivity index (χ2n) is 4.20. The van der Waals surface area contributed by atoms with E-state index in [-0.39, 0.29) is 5.16 Å². The summed E-state index contributed by atoms with van der Waals surface area (Å²) in [6.45, 7) is 1.89. The number of anilines is 2. The van der Waals surface area contributed by atoms with Crippen LogP contribution in [0.15, 0.2) is 34.0 Å². The first-order valence-corrected chi connectivity index (χ1v) is 8.59. The molecule has 0 spiro atoms. The van der Waals surface area contributed by atoms with Gasteiger partial charge >= 0.3 is 0 Å². The molecule has 0 aliphatic rings. The molecular formula is C12H11BrClN3O2S. The molecule has 1 heterocycles. The first kappa shape index (κ1) is 15.2. The van der Waals surface area contributed by atoms with Gasteiger partial charge in [-0.1, -0.05) is 27.5 Å². The molecule has 2 rings (SSSR count). The van der Waals surface area contributed by atoms with Crippen LogP contribution in [-0.2, 0) is 9.84 Å². The second kappa shape index (κ2) is 5.67. The van der Waals surface area contributed by atoms with Crippen LogP contribution in [0.1, 0.15) is 5.56 Å². The van der Waals surface area contributed by atoms with Gasteiger partial charge in [-0.05, 0) is 30.7 Å². The number of hydrogen-bond donors (Lipinski definition) is 1. The van der Waals surface area contributed by atoms with Crippen molar-refractivity contribution in [3.05, 3.63) is 39.5 Å². The molecule has 8 heteroatoms. The van der Waals surface area contributed by atoms with E-state index in [4.69, 9.17) is 11.6 Å². The smallest absolute Gasteiger partial charge is 0.248 e. The number of nitrogens with one attached hydrogen (secondary N) is 1. The van der Waals surface area contributed by atoms with Crippen LogP contribution in [0, 0.1) is 6.92 Å². The lowest BCUT2D eigenvalue weighted by Gasteiger charge is -2.11. The number of aryl methyl sites for hydroxylation is 1. The van der Waals surface area contributed by atoms with E-state index >= 15 is 0 Å². The van der Waals surface area contributed by atoms with E-state index < -0.39 is 9.84 Å². The Morgan fingerprint density at radius 2 is 2.05 bits per heavy atom. The van der Waals surface area contributed by atoms with Crippen LogP contribution in [0.2, 0.25) is 5.02 Å². The molecule has 106 valence electrons. The van der Waals surface area contributed by atoms with Crippen LogP contribution in [0.3, 0.4) is 0 Å². The van der Waals surface area contributed by atoms with E-state index in [1.165, 1.54) is 6.20 Å². The van der Waals surface area contributed by atoms with Crippen LogP contribution < -0.4 is 5.32 Å². The van der Waals surface area contributed by atoms with Crippen molar-refractivity contribution < 1.29 is 8.42 Å². The third-order valence-corrected chi connectivity index (χ3v) is 4.09. The first-order valence-electron chi connectivity index (χ1n) is 5.53. The van der Waals surface area contributed by atoms with Crippen LogP contribution >= 0.6 is 27.5 Å². The molecule has 0 saturated heterocycles. The molecule has 0 radical (unpaired) electrons. The highest BCUT2D eigenvalue weighted by Crippen LogP contribution is 2.31. The van der Waals surface area contributed by atoms with Crippen molar-refractivity contribution in [3.8, 4) is 0 Å². The van der Waals surface area contributed by atoms with Gasteiger partial charge in [0, 0.05) is 16.9 Å². The van der Waals surface area contributed by atoms with Crippen molar-refractivity contribution in [2.75, 3.05) is 11.6 Å². The van der Waals surface area contributed by atoms with Gasteiger partial charge in [-0.15, -0.1) is 0 Å². The largest absolute Gasteiger partial charge is 0.339 e. The third-order valence-electron chi connectivity index (χ3n) is 2.47. The molecule has 0 bridgehead atoms. The van der Waals surface area contributed by atoms with Gasteiger partial charge in [0.15, 0.2) is 0 Å². The van der Waals surface area contributed by atoms with Crippen molar-refractivity contribution in [1.82, 2.24) is 9.97 Å². The predicted molar refractivity (Wildman–Crippen MR) is 82.3 cm³/mol. The highest BCUT2D eigenvalue weighted by Gasteiger charge is 2.12. The summed E-state index contributed by atoms with van der Waals surface area (Å²) in [6.07, 6.45) is 2.44. The second-order valence-corrected chi connectivity index (χ2v) is 7.43. The molecule has 20 heavy (non-hydrogen) atoms. The minimum atomic E-state index is -3.45. The normalized spacial score (nSPS) is 11.4. The number of nitrogens with zero attached hydrogens (tertiary/aromatic N) is 2. The van der Waals surface area contributed by atoms with Gasteiger partial charge in [0.1, 0.15) is 5.82 Å². The quantitative estimate of drug-likeness (QED) is 0.832. The maximum atomic E-state index is 11.4. The fourth-order valence-electron chi connectivity index (χ4n) is 1.58. The Bertz CT molecular complexity index is 742. The molecule has 1 aromatic carbocycles. The highest BCUT2D eigenvalue weighted by atomic mass is 79.9. The molecule has 0 aliphatic carbocycles. The Labute approximate surface area is 130 Å². The molecule has 0 aliphatic heterocycles. The van der Waals surface area contributed by atoms with E-state index in [0.717, 1.165) is 16.3 Å². The Kier molecular flexibility index (Phi) is 4.31. The molecule has 0 unspecified atom stereocenters. The van der Waals surface area contributed by atoms with Crippen LogP contribution in [0.25, 0.3) is 0 Å². The Morgan fingerprint density at radius 3 is 2.65 bits per heavy atom. The SMILES string of the molecule is Cc1cc(Br)cc(Cl)c1Nc1ccnc(S(C)(=O)=O)n1. The van der Waals surface area contributed by atoms with Gasteiger partial charge in [-0.25, -0.2) is 18.4 Å². The van der Waals surface area contributed by atoms with Crippen LogP contribution in [0.4, 0.5) is 11.5 Å². The molecule has 0 fully saturated rings. The lowest BCUT2D eigenvalue weighted by molar-refractivity contribution is 0.593. The Morgan fingerprint density at radius 1 is 1.35 bits per heavy atom. The van der Waals surface area contributed by atoms with Gasteiger partial charge in [-0.2, -0.15) is 0 Å². The number of sulfone groups is 1. The average molecular weight is 377 g/mol. The van der Waals surface area contributed by atoms with Gasteiger partial charge < -0.3 is 5.32 Å². The number of rotatable bonds is 3. The number of benzene rings is 1. The Balaban J connectivity index is 2.41. The molecule has 1 aromatic heterocycles. The summed E-state index contributed by atoms with van der Waals surface area (Å²) in [5.74, 6) is 0.368. The van der Waals surface area contributed by atoms with Gasteiger partial charge in [0.25, 0.3) is 0 Å². The van der Waals surface area contributed by atoms with Crippen molar-refractivity contribution in [3.63, 3.8) is 0 Å². The zero-order valence-electron chi connectivity index (χ0n) is 10.7. The predicted octanol–water partition coefficient (Wildman–Crippen LogP) is 3.35. The van der Waals surface area contributed by atoms with E-state index in [0.29, 0.717) is 16.5 Å². The third kappa shape index (κ3) is 3.47. The summed E-state index contributed by atoms with van der Waals surface area (Å²) in [5, 5.41) is 3.29. The summed E-state index contributed by atoms with van der Waals surface area (Å²) in [6, 6.07) is 5.22. The minimum absolute atomic E-state index is 0.228. The zero-order chi connectivity index (χ0) is 14.9. The molecule has 5 nitrogen and oxygen atoms in total. The monoisotopic (exact) mass is 375 g/mol. The maximum absolute atomic E-state index is 11.4. The number of halogens is 2. The van der Waals surface area contributed by atoms with Crippen LogP contribution in [-0.4, -0.2) is 24.6 Å². The van der Waals surface area contributed by atoms with E-state index in [9.17, 15) is 8.42 Å². The topological polar surface area (TPSA) is 72.0 Å². The van der Waals surface area contributed by atoms with E-state index in [1.807, 2.05) is 13.0 Å². The lowest BCUT2D eigenvalue weighted by Crippen LogP contribution is -2.06. The van der Waals surface area contributed by atoms with Crippen molar-refractivity contribution in [1.29, 1.82) is 0 Å². The van der Waals surface area contributed by atoms with Crippen molar-refractivity contribution in [2.45, 2.75) is 12.1 Å². The van der Waals surface area contributed by atoms with Gasteiger partial charge in [-0.3, -0.25) is 0 Å². The average Bonchev–Trinajstić information content (AvgIpc) is 2.33. The van der Waals surface area contributed by atoms with Crippen molar-refractivity contribution >= 4 is 48.9 Å². The van der Waals surface area contributed by atoms with Gasteiger partial charge in [0.2, 0.25) is 15.0 Å². The first-order chi connectivity index (χ1) is 9.27. The highest BCUT2D eigenvalue weighted by molar-refractivity contribution is 9.10. The van der Waals surface area contributed by atoms with Gasteiger partial charge in [0.05, 0.1) is 10.7 Å². The van der Waals surface area contributed by atoms with Crippen molar-refractivity contribution in [2.24, 2.45) is 0 Å². The molecule has 0 atom stereocenters. The summed E-state index contributed by atoms with van der Waals surface area (Å²) in [4.78, 5) is 7.70. The van der Waals surface area contributed by atoms with E-state index in [1.54, 1.807) is 12.1 Å². The fourth-order valence-corrected chi connectivity index (χ4v) is 3.11. The molecule has 1 N–H and O–H groups in total. The molecular weight excluding hydrogens is 366 g/mol. The summed E-state index contributed by atoms with van der Waals surface area (Å²) in [7, 11) is -3.45. The number of hydrogen-bond acceptors (Lipinski definition) is 5. The molecule has 0 amide bonds. The van der Waals surface area contributed by atoms with Crippen LogP contribution in [0.5, 0.6) is 0 Å². The summed E-state index contributed by atoms with van der Waals surface area (Å²) in [5.41, 5.74) is 1.58. The lowest BCUT2D eigenvalue weighted by atomic mass is 10.2. The minimum Gasteiger partial charge on any atom is -0.339 e. The summed E-state index contributed by atoms with van der Waals surface area (Å²) >= 11 is 9.51. The standard InChI is InChI=1S/C12H11BrClN3O2S/c1-7-5-8(13)6-9(14)11(7)16-10-3-4-15-12(17-10)20(2,18)19/h3-6H,1-2H3,(H,15,16,17). The maximum Gasteiger partial charge on any atom is 0.248 e. The molecule has 2 aromatic rings. The zero-order valence-corrected chi connectivity index (χ0v) is 13.8. The number of aromatic nitrogens is 2. The summed E-state index contributed by atoms with van der Waals surface area (Å²) < 4.78 is 23.7. The fraction of sp³-hybridized carbons (Fsp3) is 0.167. The molecule has 0 saturated carbocycles.